The van der Waals surface area contributed by atoms with Crippen molar-refractivity contribution in [3.05, 3.63) is 0 Å². The van der Waals surface area contributed by atoms with Gasteiger partial charge >= 0.3 is 0 Å². The van der Waals surface area contributed by atoms with E-state index in [2.05, 4.69) is 10.2 Å². The molecule has 0 spiro atoms. The van der Waals surface area contributed by atoms with Crippen LogP contribution in [0.5, 0.6) is 0 Å². The van der Waals surface area contributed by atoms with E-state index in [4.69, 9.17) is 4.74 Å². The van der Waals surface area contributed by atoms with Crippen LogP contribution in [-0.4, -0.2) is 61.4 Å². The minimum Gasteiger partial charge on any atom is -0.392 e. The minimum atomic E-state index is -0.338. The van der Waals surface area contributed by atoms with E-state index in [1.54, 1.807) is 0 Å². The van der Waals surface area contributed by atoms with Gasteiger partial charge in [0, 0.05) is 19.1 Å². The average molecular weight is 228 g/mol. The summed E-state index contributed by atoms with van der Waals surface area (Å²) in [6.45, 7) is 4.26. The highest BCUT2D eigenvalue weighted by Gasteiger charge is 2.41. The average Bonchev–Trinajstić information content (AvgIpc) is 2.50. The van der Waals surface area contributed by atoms with Crippen LogP contribution in [0, 0.1) is 5.41 Å². The lowest BCUT2D eigenvalue weighted by atomic mass is 9.87. The van der Waals surface area contributed by atoms with Crippen molar-refractivity contribution in [2.45, 2.75) is 25.5 Å². The predicted octanol–water partition coefficient (Wildman–Crippen LogP) is -0.796. The predicted molar refractivity (Wildman–Crippen MR) is 59.0 cm³/mol. The van der Waals surface area contributed by atoms with E-state index in [1.165, 1.54) is 0 Å². The Hall–Kier alpha value is -0.650. The Labute approximate surface area is 95.8 Å². The number of carbonyl (C=O) groups excluding carboxylic acids is 1. The summed E-state index contributed by atoms with van der Waals surface area (Å²) in [5, 5.41) is 12.4. The number of rotatable bonds is 3. The first kappa shape index (κ1) is 11.8. The van der Waals surface area contributed by atoms with Gasteiger partial charge in [-0.25, -0.2) is 0 Å². The molecule has 0 saturated carbocycles. The van der Waals surface area contributed by atoms with Gasteiger partial charge in [-0.2, -0.15) is 0 Å². The maximum absolute atomic E-state index is 11.8. The summed E-state index contributed by atoms with van der Waals surface area (Å²) in [6.07, 6.45) is 0.485. The number of nitrogens with one attached hydrogen (secondary N) is 1. The number of β-amino-alcohol motifs (C(OH)–C–C–N with tert-alkyl or cyclic N) is 1. The van der Waals surface area contributed by atoms with Crippen LogP contribution >= 0.6 is 0 Å². The summed E-state index contributed by atoms with van der Waals surface area (Å²) in [5.41, 5.74) is -0.338. The first-order valence-electron chi connectivity index (χ1n) is 5.75. The molecular formula is C11H20N2O3. The highest BCUT2D eigenvalue weighted by molar-refractivity contribution is 5.83. The normalized spacial score (nSPS) is 33.4. The molecule has 0 aromatic carbocycles. The maximum atomic E-state index is 11.8. The summed E-state index contributed by atoms with van der Waals surface area (Å²) in [6, 6.07) is 0.253. The summed E-state index contributed by atoms with van der Waals surface area (Å²) in [5.74, 6) is 0.0635. The lowest BCUT2D eigenvalue weighted by Crippen LogP contribution is -2.53. The zero-order valence-corrected chi connectivity index (χ0v) is 9.90. The van der Waals surface area contributed by atoms with Crippen LogP contribution in [0.15, 0.2) is 0 Å². The fourth-order valence-electron chi connectivity index (χ4n) is 2.25. The molecule has 2 aliphatic rings. The molecule has 2 atom stereocenters. The third kappa shape index (κ3) is 2.21. The number of ether oxygens (including phenoxy) is 1. The van der Waals surface area contributed by atoms with Gasteiger partial charge < -0.3 is 15.2 Å². The maximum Gasteiger partial charge on any atom is 0.230 e. The molecule has 2 rings (SSSR count). The molecule has 0 unspecified atom stereocenters. The molecule has 1 amide bonds. The monoisotopic (exact) mass is 228 g/mol. The van der Waals surface area contributed by atoms with Gasteiger partial charge in [-0.1, -0.05) is 0 Å². The van der Waals surface area contributed by atoms with Crippen molar-refractivity contribution in [3.63, 3.8) is 0 Å². The van der Waals surface area contributed by atoms with E-state index in [0.717, 1.165) is 6.42 Å². The van der Waals surface area contributed by atoms with Crippen molar-refractivity contribution in [2.24, 2.45) is 5.41 Å². The van der Waals surface area contributed by atoms with E-state index in [-0.39, 0.29) is 23.5 Å². The number of hydrogen-bond acceptors (Lipinski definition) is 4. The lowest BCUT2D eigenvalue weighted by Gasteiger charge is -2.36. The Morgan fingerprint density at radius 3 is 2.75 bits per heavy atom. The van der Waals surface area contributed by atoms with Crippen LogP contribution in [0.4, 0.5) is 0 Å². The number of likely N-dealkylation sites (tertiary alicyclic amines) is 1. The standard InChI is InChI=1S/C11H20N2O3/c1-11(6-16-7-11)10(15)12-4-8-3-9(14)5-13(8)2/h8-9,14H,3-7H2,1-2H3,(H,12,15)/t8-,9+/m0/s1. The molecule has 0 aromatic rings. The second kappa shape index (κ2) is 4.31. The lowest BCUT2D eigenvalue weighted by molar-refractivity contribution is -0.157. The SMILES string of the molecule is CN1C[C@H](O)C[C@H]1CNC(=O)C1(C)COC1. The minimum absolute atomic E-state index is 0.0635. The molecule has 2 N–H and O–H groups in total. The van der Waals surface area contributed by atoms with Crippen LogP contribution in [0.2, 0.25) is 0 Å². The smallest absolute Gasteiger partial charge is 0.230 e. The fourth-order valence-corrected chi connectivity index (χ4v) is 2.25. The van der Waals surface area contributed by atoms with Crippen LogP contribution in [0.25, 0.3) is 0 Å². The molecular weight excluding hydrogens is 208 g/mol. The van der Waals surface area contributed by atoms with Gasteiger partial charge in [0.2, 0.25) is 5.91 Å². The molecule has 5 heteroatoms. The Kier molecular flexibility index (Phi) is 3.19. The Bertz CT molecular complexity index is 278. The number of amides is 1. The van der Waals surface area contributed by atoms with E-state index < -0.39 is 0 Å². The fraction of sp³-hybridized carbons (Fsp3) is 0.909. The Morgan fingerprint density at radius 2 is 2.31 bits per heavy atom. The van der Waals surface area contributed by atoms with E-state index in [1.807, 2.05) is 14.0 Å². The molecule has 2 aliphatic heterocycles. The molecule has 2 saturated heterocycles. The zero-order valence-electron chi connectivity index (χ0n) is 9.90. The van der Waals surface area contributed by atoms with E-state index >= 15 is 0 Å². The number of hydrogen-bond donors (Lipinski definition) is 2. The van der Waals surface area contributed by atoms with Crippen LogP contribution in [0.3, 0.4) is 0 Å². The third-order valence-corrected chi connectivity index (χ3v) is 3.55. The number of aliphatic hydroxyl groups excluding tert-OH is 1. The van der Waals surface area contributed by atoms with E-state index in [0.29, 0.717) is 26.3 Å². The van der Waals surface area contributed by atoms with Gasteiger partial charge in [0.25, 0.3) is 0 Å². The van der Waals surface area contributed by atoms with Gasteiger partial charge in [-0.15, -0.1) is 0 Å². The summed E-state index contributed by atoms with van der Waals surface area (Å²) < 4.78 is 5.06. The highest BCUT2D eigenvalue weighted by Crippen LogP contribution is 2.26. The van der Waals surface area contributed by atoms with Gasteiger partial charge in [0.15, 0.2) is 0 Å². The number of aliphatic hydroxyl groups is 1. The quantitative estimate of drug-likeness (QED) is 0.664. The molecule has 2 heterocycles. The topological polar surface area (TPSA) is 61.8 Å². The van der Waals surface area contributed by atoms with Crippen LogP contribution < -0.4 is 5.32 Å². The van der Waals surface area contributed by atoms with Crippen molar-refractivity contribution < 1.29 is 14.6 Å². The molecule has 2 fully saturated rings. The molecule has 0 bridgehead atoms. The summed E-state index contributed by atoms with van der Waals surface area (Å²) in [4.78, 5) is 13.9. The van der Waals surface area contributed by atoms with Crippen LogP contribution in [-0.2, 0) is 9.53 Å². The summed E-state index contributed by atoms with van der Waals surface area (Å²) in [7, 11) is 1.97. The van der Waals surface area contributed by atoms with E-state index in [9.17, 15) is 9.90 Å². The van der Waals surface area contributed by atoms with Crippen molar-refractivity contribution in [3.8, 4) is 0 Å². The van der Waals surface area contributed by atoms with Crippen molar-refractivity contribution >= 4 is 5.91 Å². The van der Waals surface area contributed by atoms with Crippen molar-refractivity contribution in [2.75, 3.05) is 33.4 Å². The zero-order chi connectivity index (χ0) is 11.8. The van der Waals surface area contributed by atoms with Gasteiger partial charge in [0.1, 0.15) is 0 Å². The second-order valence-electron chi connectivity index (χ2n) is 5.25. The van der Waals surface area contributed by atoms with Crippen LogP contribution in [0.1, 0.15) is 13.3 Å². The Balaban J connectivity index is 1.77. The summed E-state index contributed by atoms with van der Waals surface area (Å²) >= 11 is 0. The largest absolute Gasteiger partial charge is 0.392 e. The second-order valence-corrected chi connectivity index (χ2v) is 5.25. The molecule has 16 heavy (non-hydrogen) atoms. The molecule has 92 valence electrons. The molecule has 0 radical (unpaired) electrons. The number of nitrogens with zero attached hydrogens (tertiary/aromatic N) is 1. The van der Waals surface area contributed by atoms with Gasteiger partial charge in [-0.3, -0.25) is 9.69 Å². The van der Waals surface area contributed by atoms with Gasteiger partial charge in [-0.05, 0) is 20.4 Å². The number of likely N-dealkylation sites (N-methyl/N-ethyl adjacent to an activating group) is 1. The number of carbonyl (C=O) groups is 1. The molecule has 0 aliphatic carbocycles. The highest BCUT2D eigenvalue weighted by atomic mass is 16.5. The molecule has 0 aromatic heterocycles. The van der Waals surface area contributed by atoms with Gasteiger partial charge in [0.05, 0.1) is 24.7 Å². The third-order valence-electron chi connectivity index (χ3n) is 3.55. The van der Waals surface area contributed by atoms with Crippen molar-refractivity contribution in [1.82, 2.24) is 10.2 Å². The first-order valence-corrected chi connectivity index (χ1v) is 5.75. The Morgan fingerprint density at radius 1 is 1.62 bits per heavy atom. The van der Waals surface area contributed by atoms with Crippen molar-refractivity contribution in [1.29, 1.82) is 0 Å². The first-order chi connectivity index (χ1) is 7.51. The molecule has 5 nitrogen and oxygen atoms in total.